The van der Waals surface area contributed by atoms with Crippen LogP contribution in [0.25, 0.3) is 0 Å². The van der Waals surface area contributed by atoms with Crippen LogP contribution >= 0.6 is 39.1 Å². The van der Waals surface area contributed by atoms with Crippen LogP contribution in [0.2, 0.25) is 10.2 Å². The lowest BCUT2D eigenvalue weighted by Crippen LogP contribution is -2.29. The molecule has 0 atom stereocenters. The molecule has 0 spiro atoms. The van der Waals surface area contributed by atoms with E-state index in [0.717, 1.165) is 0 Å². The van der Waals surface area contributed by atoms with Gasteiger partial charge in [0.2, 0.25) is 0 Å². The summed E-state index contributed by atoms with van der Waals surface area (Å²) in [7, 11) is 0. The van der Waals surface area contributed by atoms with Gasteiger partial charge in [-0.25, -0.2) is 4.98 Å². The molecule has 4 nitrogen and oxygen atoms in total. The number of rotatable bonds is 2. The van der Waals surface area contributed by atoms with E-state index >= 15 is 0 Å². The smallest absolute Gasteiger partial charge is 0.299 e. The lowest BCUT2D eigenvalue weighted by molar-refractivity contribution is -0.114. The molecule has 2 heterocycles. The molecule has 0 fully saturated rings. The number of fused-ring (bicyclic) bond motifs is 1. The largest absolute Gasteiger partial charge is 0.300 e. The summed E-state index contributed by atoms with van der Waals surface area (Å²) in [5.41, 5.74) is 1.56. The molecule has 106 valence electrons. The highest BCUT2D eigenvalue weighted by molar-refractivity contribution is 9.10. The molecule has 1 aromatic heterocycles. The summed E-state index contributed by atoms with van der Waals surface area (Å²) in [4.78, 5) is 29.6. The minimum absolute atomic E-state index is 0.164. The summed E-state index contributed by atoms with van der Waals surface area (Å²) >= 11 is 15.1. The molecular formula is C14H7BrCl2N2O2. The fourth-order valence-electron chi connectivity index (χ4n) is 2.18. The SMILES string of the molecule is O=C1C(=O)N(Cc2cnc(Cl)cc2Cl)c2cccc(Br)c21. The number of hydrogen-bond acceptors (Lipinski definition) is 3. The van der Waals surface area contributed by atoms with Gasteiger partial charge in [0.05, 0.1) is 22.8 Å². The van der Waals surface area contributed by atoms with Gasteiger partial charge in [0.25, 0.3) is 11.7 Å². The second kappa shape index (κ2) is 5.40. The highest BCUT2D eigenvalue weighted by Crippen LogP contribution is 2.35. The maximum atomic E-state index is 12.2. The van der Waals surface area contributed by atoms with Gasteiger partial charge in [0.1, 0.15) is 5.15 Å². The van der Waals surface area contributed by atoms with Crippen molar-refractivity contribution >= 4 is 56.5 Å². The van der Waals surface area contributed by atoms with Crippen LogP contribution in [0.5, 0.6) is 0 Å². The molecule has 0 aliphatic carbocycles. The summed E-state index contributed by atoms with van der Waals surface area (Å²) in [5.74, 6) is -1.11. The summed E-state index contributed by atoms with van der Waals surface area (Å²) in [6.45, 7) is 0.164. The first-order valence-electron chi connectivity index (χ1n) is 5.93. The van der Waals surface area contributed by atoms with E-state index in [0.29, 0.717) is 26.3 Å². The van der Waals surface area contributed by atoms with Gasteiger partial charge in [0.15, 0.2) is 0 Å². The molecule has 0 N–H and O–H groups in total. The molecule has 2 aromatic rings. The first-order valence-corrected chi connectivity index (χ1v) is 7.48. The number of aromatic nitrogens is 1. The van der Waals surface area contributed by atoms with Crippen LogP contribution in [0.1, 0.15) is 15.9 Å². The number of ketones is 1. The van der Waals surface area contributed by atoms with Gasteiger partial charge in [-0.05, 0) is 34.1 Å². The Balaban J connectivity index is 2.03. The van der Waals surface area contributed by atoms with Crippen LogP contribution in [0.3, 0.4) is 0 Å². The van der Waals surface area contributed by atoms with Gasteiger partial charge in [0, 0.05) is 16.2 Å². The zero-order valence-corrected chi connectivity index (χ0v) is 13.5. The number of anilines is 1. The summed E-state index contributed by atoms with van der Waals surface area (Å²) in [6.07, 6.45) is 1.50. The maximum Gasteiger partial charge on any atom is 0.299 e. The maximum absolute atomic E-state index is 12.2. The standard InChI is InChI=1S/C14H7BrCl2N2O2/c15-8-2-1-3-10-12(8)13(20)14(21)19(10)6-7-5-18-11(17)4-9(7)16/h1-5H,6H2. The highest BCUT2D eigenvalue weighted by Gasteiger charge is 2.37. The molecule has 1 aliphatic rings. The Morgan fingerprint density at radius 2 is 2.00 bits per heavy atom. The van der Waals surface area contributed by atoms with E-state index in [4.69, 9.17) is 23.2 Å². The molecule has 1 amide bonds. The second-order valence-corrected chi connectivity index (χ2v) is 6.10. The van der Waals surface area contributed by atoms with Crippen molar-refractivity contribution in [2.24, 2.45) is 0 Å². The van der Waals surface area contributed by atoms with E-state index in [1.165, 1.54) is 17.2 Å². The second-order valence-electron chi connectivity index (χ2n) is 4.45. The van der Waals surface area contributed by atoms with Crippen molar-refractivity contribution in [2.75, 3.05) is 4.90 Å². The summed E-state index contributed by atoms with van der Waals surface area (Å²) in [6, 6.07) is 6.72. The molecule has 0 saturated heterocycles. The molecular weight excluding hydrogens is 379 g/mol. The predicted molar refractivity (Wildman–Crippen MR) is 83.9 cm³/mol. The lowest BCUT2D eigenvalue weighted by atomic mass is 10.1. The number of amides is 1. The number of halogens is 3. The number of Topliss-reactive ketones (excluding diaryl/α,β-unsaturated/α-hetero) is 1. The van der Waals surface area contributed by atoms with Crippen LogP contribution in [0.4, 0.5) is 5.69 Å². The van der Waals surface area contributed by atoms with Crippen molar-refractivity contribution < 1.29 is 9.59 Å². The molecule has 0 unspecified atom stereocenters. The Hall–Kier alpha value is -1.43. The zero-order chi connectivity index (χ0) is 15.1. The van der Waals surface area contributed by atoms with E-state index in [2.05, 4.69) is 20.9 Å². The van der Waals surface area contributed by atoms with Gasteiger partial charge in [-0.2, -0.15) is 0 Å². The molecule has 0 saturated carbocycles. The monoisotopic (exact) mass is 384 g/mol. The average molecular weight is 386 g/mol. The van der Waals surface area contributed by atoms with E-state index in [9.17, 15) is 9.59 Å². The van der Waals surface area contributed by atoms with Gasteiger partial charge >= 0.3 is 0 Å². The fraction of sp³-hybridized carbons (Fsp3) is 0.0714. The Labute approximate surface area is 138 Å². The minimum Gasteiger partial charge on any atom is -0.300 e. The van der Waals surface area contributed by atoms with E-state index in [1.54, 1.807) is 18.2 Å². The van der Waals surface area contributed by atoms with Crippen molar-refractivity contribution in [2.45, 2.75) is 6.54 Å². The number of carbonyl (C=O) groups is 2. The van der Waals surface area contributed by atoms with Gasteiger partial charge in [-0.1, -0.05) is 29.3 Å². The molecule has 0 radical (unpaired) electrons. The van der Waals surface area contributed by atoms with Gasteiger partial charge in [-0.3, -0.25) is 9.59 Å². The molecule has 21 heavy (non-hydrogen) atoms. The first-order chi connectivity index (χ1) is 9.99. The van der Waals surface area contributed by atoms with E-state index < -0.39 is 11.7 Å². The molecule has 0 bridgehead atoms. The van der Waals surface area contributed by atoms with Gasteiger partial charge in [-0.15, -0.1) is 0 Å². The first kappa shape index (κ1) is 14.5. The molecule has 1 aromatic carbocycles. The van der Waals surface area contributed by atoms with E-state index in [-0.39, 0.29) is 11.7 Å². The van der Waals surface area contributed by atoms with Crippen LogP contribution in [0.15, 0.2) is 34.9 Å². The van der Waals surface area contributed by atoms with Crippen molar-refractivity contribution in [3.05, 3.63) is 56.2 Å². The topological polar surface area (TPSA) is 50.3 Å². The van der Waals surface area contributed by atoms with Crippen LogP contribution < -0.4 is 4.90 Å². The number of carbonyl (C=O) groups excluding carboxylic acids is 2. The Morgan fingerprint density at radius 1 is 1.24 bits per heavy atom. The fourth-order valence-corrected chi connectivity index (χ4v) is 3.14. The number of benzene rings is 1. The number of pyridine rings is 1. The van der Waals surface area contributed by atoms with E-state index in [1.807, 2.05) is 0 Å². The molecule has 1 aliphatic heterocycles. The van der Waals surface area contributed by atoms with Crippen molar-refractivity contribution in [1.29, 1.82) is 0 Å². The van der Waals surface area contributed by atoms with Crippen molar-refractivity contribution in [3.63, 3.8) is 0 Å². The minimum atomic E-state index is -0.581. The normalized spacial score (nSPS) is 13.8. The van der Waals surface area contributed by atoms with Crippen molar-refractivity contribution in [3.8, 4) is 0 Å². The lowest BCUT2D eigenvalue weighted by Gasteiger charge is -2.17. The number of nitrogens with zero attached hydrogens (tertiary/aromatic N) is 2. The third-order valence-electron chi connectivity index (χ3n) is 3.17. The molecule has 3 rings (SSSR count). The molecule has 7 heteroatoms. The van der Waals surface area contributed by atoms with Crippen LogP contribution in [-0.4, -0.2) is 16.7 Å². The number of hydrogen-bond donors (Lipinski definition) is 0. The van der Waals surface area contributed by atoms with Crippen LogP contribution in [0, 0.1) is 0 Å². The Morgan fingerprint density at radius 3 is 2.71 bits per heavy atom. The van der Waals surface area contributed by atoms with Crippen LogP contribution in [-0.2, 0) is 11.3 Å². The van der Waals surface area contributed by atoms with Gasteiger partial charge < -0.3 is 4.90 Å². The summed E-state index contributed by atoms with van der Waals surface area (Å²) in [5, 5.41) is 0.675. The Kier molecular flexibility index (Phi) is 3.73. The highest BCUT2D eigenvalue weighted by atomic mass is 79.9. The summed E-state index contributed by atoms with van der Waals surface area (Å²) < 4.78 is 0.598. The van der Waals surface area contributed by atoms with Crippen molar-refractivity contribution in [1.82, 2.24) is 4.98 Å². The predicted octanol–water partition coefficient (Wildman–Crippen LogP) is 3.88. The quantitative estimate of drug-likeness (QED) is 0.582. The zero-order valence-electron chi connectivity index (χ0n) is 10.4. The third-order valence-corrected chi connectivity index (χ3v) is 4.39. The average Bonchev–Trinajstić information content (AvgIpc) is 2.68. The third kappa shape index (κ3) is 2.46. The Bertz CT molecular complexity index is 780.